The fourth-order valence-corrected chi connectivity index (χ4v) is 11.0. The van der Waals surface area contributed by atoms with E-state index < -0.39 is 21.9 Å². The lowest BCUT2D eigenvalue weighted by atomic mass is 9.64. The van der Waals surface area contributed by atoms with Crippen LogP contribution in [0.15, 0.2) is 36.4 Å². The molecule has 11 heteroatoms. The Labute approximate surface area is 291 Å². The number of fused-ring (bicyclic) bond motifs is 4. The largest absolute Gasteiger partial charge is 0.490 e. The van der Waals surface area contributed by atoms with Crippen LogP contribution in [0, 0.1) is 23.7 Å². The minimum Gasteiger partial charge on any atom is -0.490 e. The first-order valence-corrected chi connectivity index (χ1v) is 19.8. The van der Waals surface area contributed by atoms with Gasteiger partial charge in [0.05, 0.1) is 37.4 Å². The Morgan fingerprint density at radius 1 is 1.04 bits per heavy atom. The average molecular weight is 703 g/mol. The number of benzene rings is 2. The first kappa shape index (κ1) is 34.4. The van der Waals surface area contributed by atoms with Gasteiger partial charge in [-0.05, 0) is 111 Å². The van der Waals surface area contributed by atoms with Crippen LogP contribution >= 0.6 is 22.4 Å². The standard InChI is InChI=1S/C37H51ClN2O7S/c1-24-6-3-8-30(36-45-16-5-17-46-36)29-12-9-27(29)20-40-22-37(15-4-7-25-18-28(38)11-13-31(25)37)23-47-33-14-10-26(19-32(33)40)35(41)39-48(42,43)34(24)21-44-2/h10-11,13-14,18-19,24,27,29-30,34,36,42-43H,3-9,12,15-17,20-23H2,1-2H3,(H,39,41)/t24?,27?,29-,30+,34?,37+/m1/s1. The normalized spacial score (nSPS) is 33.3. The number of ether oxygens (including phenoxy) is 4. The van der Waals surface area contributed by atoms with Crippen LogP contribution in [0.1, 0.15) is 79.8 Å². The number of rotatable bonds is 3. The molecule has 1 spiro atoms. The van der Waals surface area contributed by atoms with Gasteiger partial charge in [0, 0.05) is 42.1 Å². The molecule has 3 heterocycles. The van der Waals surface area contributed by atoms with Gasteiger partial charge < -0.3 is 23.8 Å². The van der Waals surface area contributed by atoms with Crippen molar-refractivity contribution in [2.24, 2.45) is 23.7 Å². The molecule has 3 aliphatic heterocycles. The highest BCUT2D eigenvalue weighted by Crippen LogP contribution is 2.50. The molecule has 1 amide bonds. The molecule has 2 aromatic rings. The Kier molecular flexibility index (Phi) is 10.2. The van der Waals surface area contributed by atoms with Crippen molar-refractivity contribution < 1.29 is 32.8 Å². The summed E-state index contributed by atoms with van der Waals surface area (Å²) in [6.45, 7) is 5.72. The summed E-state index contributed by atoms with van der Waals surface area (Å²) in [5, 5.41) is 0.115. The molecule has 2 aromatic carbocycles. The van der Waals surface area contributed by atoms with Gasteiger partial charge in [0.2, 0.25) is 0 Å². The number of nitrogens with zero attached hydrogens (tertiary/aromatic N) is 1. The van der Waals surface area contributed by atoms with Gasteiger partial charge in [0.25, 0.3) is 5.91 Å². The third-order valence-electron chi connectivity index (χ3n) is 11.8. The molecule has 7 rings (SSSR count). The first-order valence-electron chi connectivity index (χ1n) is 17.8. The smallest absolute Gasteiger partial charge is 0.269 e. The maximum absolute atomic E-state index is 13.7. The van der Waals surface area contributed by atoms with E-state index in [9.17, 15) is 13.9 Å². The van der Waals surface area contributed by atoms with Gasteiger partial charge in [0.1, 0.15) is 5.75 Å². The number of carbonyl (C=O) groups is 1. The second-order valence-corrected chi connectivity index (χ2v) is 17.3. The summed E-state index contributed by atoms with van der Waals surface area (Å²) in [6.07, 6.45) is 8.61. The molecule has 264 valence electrons. The SMILES string of the molecule is COCC1C(C)CCC[C@H](C2OCCCO2)[C@@H]2CCC2CN2C[C@@]3(CCCc4cc(Cl)ccc43)COc3ccc(cc32)C(=O)NS1(O)O. The number of aryl methyl sites for hydroxylation is 1. The number of hydrogen-bond acceptors (Lipinski definition) is 8. The number of hydrogen-bond donors (Lipinski definition) is 3. The van der Waals surface area contributed by atoms with Gasteiger partial charge in [-0.25, -0.2) is 4.72 Å². The Morgan fingerprint density at radius 2 is 1.88 bits per heavy atom. The second-order valence-electron chi connectivity index (χ2n) is 14.8. The lowest BCUT2D eigenvalue weighted by Gasteiger charge is -2.48. The van der Waals surface area contributed by atoms with E-state index in [-0.39, 0.29) is 30.1 Å². The maximum atomic E-state index is 13.7. The van der Waals surface area contributed by atoms with E-state index in [0.717, 1.165) is 101 Å². The second kappa shape index (κ2) is 14.3. The van der Waals surface area contributed by atoms with Crippen LogP contribution in [0.5, 0.6) is 5.75 Å². The van der Waals surface area contributed by atoms with Crippen LogP contribution in [0.3, 0.4) is 0 Å². The van der Waals surface area contributed by atoms with Crippen LogP contribution in [-0.4, -0.2) is 73.2 Å². The maximum Gasteiger partial charge on any atom is 0.269 e. The van der Waals surface area contributed by atoms with Crippen molar-refractivity contribution in [2.45, 2.75) is 81.7 Å². The van der Waals surface area contributed by atoms with E-state index in [4.69, 9.17) is 30.5 Å². The Morgan fingerprint density at radius 3 is 2.65 bits per heavy atom. The molecule has 3 unspecified atom stereocenters. The minimum absolute atomic E-state index is 0.0884. The molecule has 9 nitrogen and oxygen atoms in total. The Bertz CT molecular complexity index is 1470. The van der Waals surface area contributed by atoms with Gasteiger partial charge in [0.15, 0.2) is 6.29 Å². The van der Waals surface area contributed by atoms with Gasteiger partial charge in [-0.1, -0.05) is 31.0 Å². The average Bonchev–Trinajstić information content (AvgIpc) is 3.21. The Balaban J connectivity index is 1.29. The van der Waals surface area contributed by atoms with Crippen LogP contribution in [-0.2, 0) is 26.0 Å². The molecule has 3 N–H and O–H groups in total. The Hall–Kier alpha value is -2.05. The van der Waals surface area contributed by atoms with E-state index in [1.54, 1.807) is 13.2 Å². The highest BCUT2D eigenvalue weighted by molar-refractivity contribution is 8.23. The van der Waals surface area contributed by atoms with Crippen LogP contribution < -0.4 is 14.4 Å². The summed E-state index contributed by atoms with van der Waals surface area (Å²) in [5.74, 6) is 1.29. The van der Waals surface area contributed by atoms with Gasteiger partial charge >= 0.3 is 0 Å². The number of methoxy groups -OCH3 is 1. The van der Waals surface area contributed by atoms with E-state index in [1.165, 1.54) is 11.1 Å². The van der Waals surface area contributed by atoms with Crippen molar-refractivity contribution in [3.05, 3.63) is 58.1 Å². The fraction of sp³-hybridized carbons (Fsp3) is 0.649. The zero-order valence-corrected chi connectivity index (χ0v) is 29.8. The third-order valence-corrected chi connectivity index (χ3v) is 14.0. The zero-order valence-electron chi connectivity index (χ0n) is 28.2. The van der Waals surface area contributed by atoms with Crippen molar-refractivity contribution in [1.82, 2.24) is 4.72 Å². The summed E-state index contributed by atoms with van der Waals surface area (Å²) in [6, 6.07) is 11.8. The van der Waals surface area contributed by atoms with Gasteiger partial charge in [-0.2, -0.15) is 0 Å². The number of halogens is 1. The minimum atomic E-state index is -3.53. The number of nitrogens with one attached hydrogen (secondary N) is 1. The first-order chi connectivity index (χ1) is 23.2. The predicted octanol–water partition coefficient (Wildman–Crippen LogP) is 7.45. The number of carbonyl (C=O) groups excluding carboxylic acids is 1. The van der Waals surface area contributed by atoms with E-state index in [1.807, 2.05) is 25.1 Å². The summed E-state index contributed by atoms with van der Waals surface area (Å²) >= 11 is 6.47. The van der Waals surface area contributed by atoms with Crippen LogP contribution in [0.4, 0.5) is 5.69 Å². The molecular formula is C37H51ClN2O7S. The summed E-state index contributed by atoms with van der Waals surface area (Å²) in [4.78, 5) is 16.2. The molecule has 2 aliphatic carbocycles. The highest BCUT2D eigenvalue weighted by Gasteiger charge is 2.46. The molecule has 5 aliphatic rings. The van der Waals surface area contributed by atoms with E-state index in [0.29, 0.717) is 24.0 Å². The molecular weight excluding hydrogens is 652 g/mol. The summed E-state index contributed by atoms with van der Waals surface area (Å²) in [7, 11) is -1.98. The fourth-order valence-electron chi connectivity index (χ4n) is 9.11. The number of anilines is 1. The molecule has 1 saturated carbocycles. The van der Waals surface area contributed by atoms with E-state index in [2.05, 4.69) is 21.8 Å². The quantitative estimate of drug-likeness (QED) is 0.303. The molecule has 6 atom stereocenters. The van der Waals surface area contributed by atoms with Crippen molar-refractivity contribution in [1.29, 1.82) is 0 Å². The molecule has 0 radical (unpaired) electrons. The monoisotopic (exact) mass is 702 g/mol. The van der Waals surface area contributed by atoms with Crippen LogP contribution in [0.2, 0.25) is 5.02 Å². The lowest BCUT2D eigenvalue weighted by Crippen LogP contribution is -2.50. The highest BCUT2D eigenvalue weighted by atomic mass is 35.5. The van der Waals surface area contributed by atoms with Crippen molar-refractivity contribution in [3.63, 3.8) is 0 Å². The zero-order chi connectivity index (χ0) is 33.5. The predicted molar refractivity (Wildman–Crippen MR) is 189 cm³/mol. The van der Waals surface area contributed by atoms with E-state index >= 15 is 0 Å². The molecule has 48 heavy (non-hydrogen) atoms. The van der Waals surface area contributed by atoms with Crippen molar-refractivity contribution in [2.75, 3.05) is 51.5 Å². The third kappa shape index (κ3) is 6.83. The summed E-state index contributed by atoms with van der Waals surface area (Å²) < 4.78 is 50.1. The lowest BCUT2D eigenvalue weighted by molar-refractivity contribution is -0.224. The molecule has 1 saturated heterocycles. The van der Waals surface area contributed by atoms with Crippen molar-refractivity contribution >= 4 is 34.0 Å². The molecule has 2 bridgehead atoms. The molecule has 0 aromatic heterocycles. The topological polar surface area (TPSA) is 110 Å². The summed E-state index contributed by atoms with van der Waals surface area (Å²) in [5.41, 5.74) is 3.61. The number of amides is 1. The van der Waals surface area contributed by atoms with Gasteiger partial charge in [-0.3, -0.25) is 13.9 Å². The van der Waals surface area contributed by atoms with Gasteiger partial charge in [-0.15, -0.1) is 10.8 Å². The molecule has 2 fully saturated rings. The van der Waals surface area contributed by atoms with Crippen LogP contribution in [0.25, 0.3) is 0 Å². The van der Waals surface area contributed by atoms with Crippen molar-refractivity contribution in [3.8, 4) is 5.75 Å².